The number of phenols is 1. The van der Waals surface area contributed by atoms with E-state index in [-0.39, 0.29) is 17.6 Å². The van der Waals surface area contributed by atoms with E-state index in [0.29, 0.717) is 42.1 Å². The minimum absolute atomic E-state index is 0.0626. The van der Waals surface area contributed by atoms with Crippen LogP contribution in [0.4, 0.5) is 5.82 Å². The van der Waals surface area contributed by atoms with Crippen LogP contribution >= 0.6 is 0 Å². The first kappa shape index (κ1) is 16.9. The third-order valence-electron chi connectivity index (χ3n) is 4.75. The number of rotatable bonds is 4. The molecule has 0 unspecified atom stereocenters. The van der Waals surface area contributed by atoms with Crippen molar-refractivity contribution < 1.29 is 19.4 Å². The molecule has 2 atom stereocenters. The molecule has 1 aliphatic heterocycles. The number of fused-ring (bicyclic) bond motifs is 1. The molecule has 0 spiro atoms. The fourth-order valence-corrected chi connectivity index (χ4v) is 3.30. The van der Waals surface area contributed by atoms with Crippen LogP contribution in [0.15, 0.2) is 35.6 Å². The maximum atomic E-state index is 11.7. The van der Waals surface area contributed by atoms with Gasteiger partial charge >= 0.3 is 0 Å². The second kappa shape index (κ2) is 6.62. The fourth-order valence-electron chi connectivity index (χ4n) is 3.30. The topological polar surface area (TPSA) is 137 Å². The number of amides is 2. The molecule has 0 radical (unpaired) electrons. The molecule has 1 saturated carbocycles. The standard InChI is InChI=1S/C18H15N5O4/c19-23-22-18(26)13-8-11(13)12-7-9(1-3-14(12)24)27-15-5-6-20-17-10(15)2-4-16(25)21-17/h1,3,5-7,11,13,24H,2,4,8H2,(H,20,21,25)/t11-,13+/m1/s1. The summed E-state index contributed by atoms with van der Waals surface area (Å²) in [5.74, 6) is 0.417. The SMILES string of the molecule is [N-]=[N+]=NC(=O)[C@H]1C[C@@H]1c1cc(Oc2ccnc3c2CCC(=O)N3)ccc1O. The third kappa shape index (κ3) is 3.28. The lowest BCUT2D eigenvalue weighted by Gasteiger charge is -2.19. The van der Waals surface area contributed by atoms with E-state index in [9.17, 15) is 14.7 Å². The van der Waals surface area contributed by atoms with Gasteiger partial charge < -0.3 is 15.2 Å². The van der Waals surface area contributed by atoms with Crippen molar-refractivity contribution in [2.75, 3.05) is 5.32 Å². The minimum Gasteiger partial charge on any atom is -0.508 e. The van der Waals surface area contributed by atoms with E-state index >= 15 is 0 Å². The van der Waals surface area contributed by atoms with Crippen molar-refractivity contribution >= 4 is 17.6 Å². The van der Waals surface area contributed by atoms with Crippen LogP contribution in [0.3, 0.4) is 0 Å². The highest BCUT2D eigenvalue weighted by Crippen LogP contribution is 2.51. The molecule has 136 valence electrons. The number of phenolic OH excluding ortho intramolecular Hbond substituents is 1. The predicted octanol–water partition coefficient (Wildman–Crippen LogP) is 3.40. The lowest BCUT2D eigenvalue weighted by Crippen LogP contribution is -2.20. The average Bonchev–Trinajstić information content (AvgIpc) is 3.44. The second-order valence-electron chi connectivity index (χ2n) is 6.48. The summed E-state index contributed by atoms with van der Waals surface area (Å²) in [5, 5.41) is 16.0. The number of hydrogen-bond acceptors (Lipinski definition) is 5. The first-order valence-corrected chi connectivity index (χ1v) is 8.44. The van der Waals surface area contributed by atoms with Crippen LogP contribution in [-0.4, -0.2) is 21.9 Å². The van der Waals surface area contributed by atoms with E-state index in [0.717, 1.165) is 5.56 Å². The Bertz CT molecular complexity index is 999. The largest absolute Gasteiger partial charge is 0.508 e. The molecule has 2 amide bonds. The number of aromatic nitrogens is 1. The number of anilines is 1. The Labute approximate surface area is 153 Å². The molecule has 0 bridgehead atoms. The molecule has 2 N–H and O–H groups in total. The Morgan fingerprint density at radius 2 is 2.22 bits per heavy atom. The van der Waals surface area contributed by atoms with Gasteiger partial charge in [-0.1, -0.05) is 0 Å². The maximum absolute atomic E-state index is 11.7. The van der Waals surface area contributed by atoms with E-state index in [1.807, 2.05) is 0 Å². The van der Waals surface area contributed by atoms with Gasteiger partial charge in [0.2, 0.25) is 11.8 Å². The zero-order valence-corrected chi connectivity index (χ0v) is 14.1. The zero-order valence-electron chi connectivity index (χ0n) is 14.1. The summed E-state index contributed by atoms with van der Waals surface area (Å²) in [7, 11) is 0. The summed E-state index contributed by atoms with van der Waals surface area (Å²) in [4.78, 5) is 29.9. The van der Waals surface area contributed by atoms with Gasteiger partial charge in [-0.2, -0.15) is 0 Å². The number of nitrogens with zero attached hydrogens (tertiary/aromatic N) is 4. The number of aromatic hydroxyl groups is 1. The van der Waals surface area contributed by atoms with E-state index in [1.54, 1.807) is 24.4 Å². The monoisotopic (exact) mass is 365 g/mol. The van der Waals surface area contributed by atoms with Gasteiger partial charge in [0, 0.05) is 34.6 Å². The molecule has 2 aliphatic rings. The van der Waals surface area contributed by atoms with Gasteiger partial charge in [-0.15, -0.1) is 0 Å². The molecule has 1 aromatic carbocycles. The Kier molecular flexibility index (Phi) is 4.13. The molecule has 1 aliphatic carbocycles. The van der Waals surface area contributed by atoms with Crippen molar-refractivity contribution in [2.24, 2.45) is 11.0 Å². The zero-order chi connectivity index (χ0) is 19.0. The van der Waals surface area contributed by atoms with Crippen molar-refractivity contribution in [1.29, 1.82) is 0 Å². The number of carbonyl (C=O) groups excluding carboxylic acids is 2. The van der Waals surface area contributed by atoms with Gasteiger partial charge in [-0.05, 0) is 53.7 Å². The first-order valence-electron chi connectivity index (χ1n) is 8.44. The van der Waals surface area contributed by atoms with Crippen molar-refractivity contribution in [1.82, 2.24) is 4.98 Å². The van der Waals surface area contributed by atoms with Gasteiger partial charge in [0.1, 0.15) is 23.1 Å². The number of carbonyl (C=O) groups is 2. The lowest BCUT2D eigenvalue weighted by molar-refractivity contribution is -0.119. The Balaban J connectivity index is 1.58. The number of pyridine rings is 1. The molecule has 0 saturated heterocycles. The van der Waals surface area contributed by atoms with Crippen LogP contribution in [0.25, 0.3) is 10.4 Å². The van der Waals surface area contributed by atoms with E-state index in [2.05, 4.69) is 20.3 Å². The van der Waals surface area contributed by atoms with Crippen molar-refractivity contribution in [3.05, 3.63) is 52.0 Å². The van der Waals surface area contributed by atoms with E-state index < -0.39 is 11.8 Å². The van der Waals surface area contributed by atoms with E-state index in [4.69, 9.17) is 10.3 Å². The second-order valence-corrected chi connectivity index (χ2v) is 6.48. The Hall–Kier alpha value is -3.58. The van der Waals surface area contributed by atoms with Crippen LogP contribution in [0, 0.1) is 5.92 Å². The third-order valence-corrected chi connectivity index (χ3v) is 4.75. The number of nitrogens with one attached hydrogen (secondary N) is 1. The fraction of sp³-hybridized carbons (Fsp3) is 0.278. The van der Waals surface area contributed by atoms with Gasteiger partial charge in [0.05, 0.1) is 0 Å². The van der Waals surface area contributed by atoms with Gasteiger partial charge in [-0.3, -0.25) is 9.59 Å². The van der Waals surface area contributed by atoms with Gasteiger partial charge in [0.15, 0.2) is 0 Å². The average molecular weight is 365 g/mol. The molecule has 1 fully saturated rings. The normalized spacial score (nSPS) is 20.1. The summed E-state index contributed by atoms with van der Waals surface area (Å²) in [6.45, 7) is 0. The summed E-state index contributed by atoms with van der Waals surface area (Å²) in [6, 6.07) is 6.53. The van der Waals surface area contributed by atoms with Crippen LogP contribution in [0.2, 0.25) is 0 Å². The number of azide groups is 1. The Morgan fingerprint density at radius 1 is 1.37 bits per heavy atom. The quantitative estimate of drug-likeness (QED) is 0.486. The molecular formula is C18H15N5O4. The van der Waals surface area contributed by atoms with Gasteiger partial charge in [0.25, 0.3) is 0 Å². The highest BCUT2D eigenvalue weighted by molar-refractivity contribution is 5.93. The molecule has 4 rings (SSSR count). The summed E-state index contributed by atoms with van der Waals surface area (Å²) < 4.78 is 5.96. The van der Waals surface area contributed by atoms with Crippen LogP contribution in [0.5, 0.6) is 17.2 Å². The molecule has 2 heterocycles. The van der Waals surface area contributed by atoms with Crippen molar-refractivity contribution in [3.63, 3.8) is 0 Å². The summed E-state index contributed by atoms with van der Waals surface area (Å²) in [6.07, 6.45) is 2.96. The van der Waals surface area contributed by atoms with Gasteiger partial charge in [-0.25, -0.2) is 4.98 Å². The molecule has 9 nitrogen and oxygen atoms in total. The van der Waals surface area contributed by atoms with Crippen LogP contribution in [-0.2, 0) is 16.0 Å². The lowest BCUT2D eigenvalue weighted by atomic mass is 10.1. The van der Waals surface area contributed by atoms with Crippen LogP contribution in [0.1, 0.15) is 29.9 Å². The number of hydrogen-bond donors (Lipinski definition) is 2. The highest BCUT2D eigenvalue weighted by atomic mass is 16.5. The molecule has 1 aromatic heterocycles. The summed E-state index contributed by atoms with van der Waals surface area (Å²) >= 11 is 0. The summed E-state index contributed by atoms with van der Waals surface area (Å²) in [5.41, 5.74) is 9.78. The maximum Gasteiger partial charge on any atom is 0.225 e. The number of ether oxygens (including phenoxy) is 1. The molecule has 27 heavy (non-hydrogen) atoms. The first-order chi connectivity index (χ1) is 13.1. The molecule has 2 aromatic rings. The van der Waals surface area contributed by atoms with Crippen molar-refractivity contribution in [3.8, 4) is 17.2 Å². The van der Waals surface area contributed by atoms with Crippen molar-refractivity contribution in [2.45, 2.75) is 25.2 Å². The Morgan fingerprint density at radius 3 is 3.04 bits per heavy atom. The molecular weight excluding hydrogens is 350 g/mol. The smallest absolute Gasteiger partial charge is 0.225 e. The van der Waals surface area contributed by atoms with E-state index in [1.165, 1.54) is 6.07 Å². The highest BCUT2D eigenvalue weighted by Gasteiger charge is 2.44. The molecule has 9 heteroatoms. The predicted molar refractivity (Wildman–Crippen MR) is 94.4 cm³/mol. The number of benzene rings is 1. The minimum atomic E-state index is -0.521. The van der Waals surface area contributed by atoms with Crippen LogP contribution < -0.4 is 10.1 Å².